The fourth-order valence-corrected chi connectivity index (χ4v) is 2.87. The second-order valence-corrected chi connectivity index (χ2v) is 8.11. The Hall–Kier alpha value is -0.160. The van der Waals surface area contributed by atoms with E-state index in [1.807, 2.05) is 0 Å². The molecule has 1 N–H and O–H groups in total. The first-order chi connectivity index (χ1) is 9.78. The molecule has 126 valence electrons. The molecule has 1 heterocycles. The smallest absolute Gasteiger partial charge is 0.0110 e. The monoisotopic (exact) mass is 298 g/mol. The Morgan fingerprint density at radius 2 is 1.62 bits per heavy atom. The number of hydrogen-bond acceptors (Lipinski definition) is 4. The van der Waals surface area contributed by atoms with Crippen LogP contribution < -0.4 is 5.32 Å². The van der Waals surface area contributed by atoms with Crippen molar-refractivity contribution in [2.75, 3.05) is 73.0 Å². The van der Waals surface area contributed by atoms with Crippen molar-refractivity contribution in [2.24, 2.45) is 11.3 Å². The van der Waals surface area contributed by atoms with Crippen molar-refractivity contribution in [3.63, 3.8) is 0 Å². The number of nitrogens with one attached hydrogen (secondary N) is 1. The summed E-state index contributed by atoms with van der Waals surface area (Å²) in [5.74, 6) is 0.737. The summed E-state index contributed by atoms with van der Waals surface area (Å²) < 4.78 is 0. The summed E-state index contributed by atoms with van der Waals surface area (Å²) in [5.41, 5.74) is 0.362. The Labute approximate surface area is 132 Å². The summed E-state index contributed by atoms with van der Waals surface area (Å²) in [6.07, 6.45) is 0. The maximum absolute atomic E-state index is 3.61. The lowest BCUT2D eigenvalue weighted by Crippen LogP contribution is -2.51. The van der Waals surface area contributed by atoms with Gasteiger partial charge in [0.2, 0.25) is 0 Å². The number of piperazine rings is 1. The van der Waals surface area contributed by atoms with Crippen LogP contribution in [0.5, 0.6) is 0 Å². The number of hydrogen-bond donors (Lipinski definition) is 1. The molecular formula is C17H38N4. The Morgan fingerprint density at radius 3 is 2.14 bits per heavy atom. The lowest BCUT2D eigenvalue weighted by molar-refractivity contribution is 0.0923. The molecule has 4 heteroatoms. The molecule has 1 fully saturated rings. The van der Waals surface area contributed by atoms with Crippen LogP contribution in [0.25, 0.3) is 0 Å². The van der Waals surface area contributed by atoms with Gasteiger partial charge in [-0.1, -0.05) is 27.7 Å². The zero-order chi connectivity index (χ0) is 15.9. The summed E-state index contributed by atoms with van der Waals surface area (Å²) in [5, 5.41) is 3.61. The van der Waals surface area contributed by atoms with Gasteiger partial charge in [0.05, 0.1) is 0 Å². The van der Waals surface area contributed by atoms with Gasteiger partial charge in [0, 0.05) is 52.4 Å². The number of likely N-dealkylation sites (N-methyl/N-ethyl adjacent to an activating group) is 1. The van der Waals surface area contributed by atoms with Gasteiger partial charge in [-0.3, -0.25) is 4.90 Å². The third-order valence-corrected chi connectivity index (χ3v) is 4.14. The van der Waals surface area contributed by atoms with Crippen LogP contribution in [0.3, 0.4) is 0 Å². The van der Waals surface area contributed by atoms with E-state index in [9.17, 15) is 0 Å². The van der Waals surface area contributed by atoms with Gasteiger partial charge in [-0.25, -0.2) is 0 Å². The van der Waals surface area contributed by atoms with Gasteiger partial charge in [0.15, 0.2) is 0 Å². The lowest BCUT2D eigenvalue weighted by atomic mass is 9.92. The summed E-state index contributed by atoms with van der Waals surface area (Å²) in [7, 11) is 4.31. The highest BCUT2D eigenvalue weighted by atomic mass is 15.3. The van der Waals surface area contributed by atoms with Crippen molar-refractivity contribution in [1.29, 1.82) is 0 Å². The van der Waals surface area contributed by atoms with Crippen molar-refractivity contribution >= 4 is 0 Å². The fraction of sp³-hybridized carbons (Fsp3) is 1.00. The Kier molecular flexibility index (Phi) is 8.17. The highest BCUT2D eigenvalue weighted by molar-refractivity contribution is 4.80. The van der Waals surface area contributed by atoms with Gasteiger partial charge in [-0.15, -0.1) is 0 Å². The number of rotatable bonds is 9. The highest BCUT2D eigenvalue weighted by Crippen LogP contribution is 2.17. The van der Waals surface area contributed by atoms with Gasteiger partial charge < -0.3 is 15.1 Å². The second-order valence-electron chi connectivity index (χ2n) is 8.11. The van der Waals surface area contributed by atoms with Crippen molar-refractivity contribution in [2.45, 2.75) is 27.7 Å². The predicted molar refractivity (Wildman–Crippen MR) is 92.9 cm³/mol. The standard InChI is InChI=1S/C17H38N4/c1-16(2)13-18-14-17(3,4)15-21-11-9-20(10-12-21)8-7-19(5)6/h16,18H,7-15H2,1-6H3. The largest absolute Gasteiger partial charge is 0.316 e. The topological polar surface area (TPSA) is 21.8 Å². The van der Waals surface area contributed by atoms with E-state index in [-0.39, 0.29) is 0 Å². The van der Waals surface area contributed by atoms with Gasteiger partial charge in [-0.2, -0.15) is 0 Å². The normalized spacial score (nSPS) is 18.9. The van der Waals surface area contributed by atoms with Crippen LogP contribution in [0.15, 0.2) is 0 Å². The molecule has 1 aliphatic heterocycles. The molecule has 0 spiro atoms. The van der Waals surface area contributed by atoms with Gasteiger partial charge in [0.1, 0.15) is 0 Å². The third-order valence-electron chi connectivity index (χ3n) is 4.14. The molecule has 0 amide bonds. The van der Waals surface area contributed by atoms with Crippen LogP contribution in [0.4, 0.5) is 0 Å². The summed E-state index contributed by atoms with van der Waals surface area (Å²) >= 11 is 0. The van der Waals surface area contributed by atoms with Crippen molar-refractivity contribution in [3.8, 4) is 0 Å². The molecule has 0 radical (unpaired) electrons. The molecule has 0 aromatic carbocycles. The molecule has 0 unspecified atom stereocenters. The SMILES string of the molecule is CC(C)CNCC(C)(C)CN1CCN(CCN(C)C)CC1. The van der Waals surface area contributed by atoms with Gasteiger partial charge in [0.25, 0.3) is 0 Å². The van der Waals surface area contributed by atoms with Crippen LogP contribution in [-0.4, -0.2) is 87.7 Å². The first kappa shape index (κ1) is 18.9. The van der Waals surface area contributed by atoms with Crippen LogP contribution in [-0.2, 0) is 0 Å². The summed E-state index contributed by atoms with van der Waals surface area (Å²) in [6.45, 7) is 20.0. The van der Waals surface area contributed by atoms with E-state index >= 15 is 0 Å². The van der Waals surface area contributed by atoms with Gasteiger partial charge >= 0.3 is 0 Å². The quantitative estimate of drug-likeness (QED) is 0.695. The summed E-state index contributed by atoms with van der Waals surface area (Å²) in [4.78, 5) is 7.51. The molecule has 1 saturated heterocycles. The van der Waals surface area contributed by atoms with E-state index in [1.165, 1.54) is 45.8 Å². The Bertz CT molecular complexity index is 268. The van der Waals surface area contributed by atoms with E-state index in [2.05, 4.69) is 61.8 Å². The van der Waals surface area contributed by atoms with Gasteiger partial charge in [-0.05, 0) is 32.0 Å². The van der Waals surface area contributed by atoms with Crippen LogP contribution in [0, 0.1) is 11.3 Å². The van der Waals surface area contributed by atoms with E-state index in [4.69, 9.17) is 0 Å². The minimum Gasteiger partial charge on any atom is -0.316 e. The molecular weight excluding hydrogens is 260 g/mol. The maximum Gasteiger partial charge on any atom is 0.0110 e. The average molecular weight is 299 g/mol. The highest BCUT2D eigenvalue weighted by Gasteiger charge is 2.24. The molecule has 0 bridgehead atoms. The summed E-state index contributed by atoms with van der Waals surface area (Å²) in [6, 6.07) is 0. The van der Waals surface area contributed by atoms with E-state index in [1.54, 1.807) is 0 Å². The minimum atomic E-state index is 0.362. The molecule has 0 aromatic rings. The van der Waals surface area contributed by atoms with E-state index in [0.29, 0.717) is 5.41 Å². The van der Waals surface area contributed by atoms with Crippen LogP contribution >= 0.6 is 0 Å². The fourth-order valence-electron chi connectivity index (χ4n) is 2.87. The molecule has 0 saturated carbocycles. The molecule has 0 atom stereocenters. The Morgan fingerprint density at radius 1 is 1.05 bits per heavy atom. The minimum absolute atomic E-state index is 0.362. The third kappa shape index (κ3) is 8.77. The first-order valence-corrected chi connectivity index (χ1v) is 8.59. The number of nitrogens with zero attached hydrogens (tertiary/aromatic N) is 3. The molecule has 1 rings (SSSR count). The van der Waals surface area contributed by atoms with E-state index in [0.717, 1.165) is 19.0 Å². The zero-order valence-corrected chi connectivity index (χ0v) is 15.3. The van der Waals surface area contributed by atoms with Crippen molar-refractivity contribution < 1.29 is 0 Å². The van der Waals surface area contributed by atoms with E-state index < -0.39 is 0 Å². The predicted octanol–water partition coefficient (Wildman–Crippen LogP) is 1.44. The van der Waals surface area contributed by atoms with Crippen molar-refractivity contribution in [1.82, 2.24) is 20.0 Å². The first-order valence-electron chi connectivity index (χ1n) is 8.59. The second kappa shape index (κ2) is 9.09. The average Bonchev–Trinajstić information content (AvgIpc) is 2.36. The lowest BCUT2D eigenvalue weighted by Gasteiger charge is -2.39. The molecule has 1 aliphatic rings. The molecule has 4 nitrogen and oxygen atoms in total. The maximum atomic E-state index is 3.61. The Balaban J connectivity index is 2.21. The molecule has 0 aromatic heterocycles. The molecule has 21 heavy (non-hydrogen) atoms. The van der Waals surface area contributed by atoms with Crippen molar-refractivity contribution in [3.05, 3.63) is 0 Å². The van der Waals surface area contributed by atoms with Crippen LogP contribution in [0.2, 0.25) is 0 Å². The molecule has 0 aliphatic carbocycles. The zero-order valence-electron chi connectivity index (χ0n) is 15.3. The van der Waals surface area contributed by atoms with Crippen LogP contribution in [0.1, 0.15) is 27.7 Å².